The number of likely N-dealkylation sites (tertiary alicyclic amines) is 1. The summed E-state index contributed by atoms with van der Waals surface area (Å²) in [5.41, 5.74) is 16.0. The number of aromatic amines is 2. The number of benzene rings is 4. The minimum Gasteiger partial charge on any atom is -0.346 e. The maximum atomic E-state index is 12.7. The van der Waals surface area contributed by atoms with Gasteiger partial charge in [-0.25, -0.2) is 0 Å². The molecule has 0 aliphatic carbocycles. The SMILES string of the molecule is Cc1ccc(-c2noc(C(C)(C)c3cc4c(CCCl)c(-c5cc(C)cc(C)c5)[nH]c4s3)n2)cc1.Cc1ccc(-c2noc(C(C)(C)c3cc4c(CCN5CCN(CC(=O)N6CCCC6)CC5)c(-c5cc(C)cc(C)c5)[nH]c4s3)n2)cc1. The van der Waals surface area contributed by atoms with Crippen LogP contribution in [0.2, 0.25) is 0 Å². The van der Waals surface area contributed by atoms with Gasteiger partial charge in [-0.05, 0) is 154 Å². The average molecular weight is 1140 g/mol. The number of carbonyl (C=O) groups excluding carboxylic acids is 1. The number of nitrogens with one attached hydrogen (secondary N) is 2. The average Bonchev–Trinajstić information content (AvgIpc) is 3.90. The maximum Gasteiger partial charge on any atom is 0.237 e. The molecule has 0 saturated carbocycles. The Hall–Kier alpha value is -6.68. The molecule has 0 radical (unpaired) electrons. The van der Waals surface area contributed by atoms with Crippen molar-refractivity contribution >= 4 is 60.6 Å². The van der Waals surface area contributed by atoms with Crippen LogP contribution >= 0.6 is 34.3 Å². The van der Waals surface area contributed by atoms with E-state index in [9.17, 15) is 4.79 Å². The van der Waals surface area contributed by atoms with Gasteiger partial charge in [0.15, 0.2) is 0 Å². The lowest BCUT2D eigenvalue weighted by molar-refractivity contribution is -0.131. The number of carbonyl (C=O) groups is 1. The fourth-order valence-electron chi connectivity index (χ4n) is 11.5. The molecule has 0 atom stereocenters. The van der Waals surface area contributed by atoms with Crippen LogP contribution in [0.25, 0.3) is 65.7 Å². The number of alkyl halides is 1. The van der Waals surface area contributed by atoms with Crippen molar-refractivity contribution in [1.82, 2.24) is 44.9 Å². The molecule has 2 fully saturated rings. The summed E-state index contributed by atoms with van der Waals surface area (Å²) in [6.07, 6.45) is 4.04. The Morgan fingerprint density at radius 3 is 1.40 bits per heavy atom. The van der Waals surface area contributed by atoms with E-state index in [1.165, 1.54) is 86.7 Å². The number of H-pyrrole nitrogens is 2. The van der Waals surface area contributed by atoms with Gasteiger partial charge in [0.05, 0.1) is 28.8 Å². The van der Waals surface area contributed by atoms with E-state index in [-0.39, 0.29) is 0 Å². The second-order valence-corrected chi connectivity index (χ2v) is 26.1. The van der Waals surface area contributed by atoms with Crippen LogP contribution in [-0.2, 0) is 28.5 Å². The first-order valence-electron chi connectivity index (χ1n) is 28.5. The molecule has 8 heterocycles. The molecule has 10 aromatic rings. The van der Waals surface area contributed by atoms with Crippen LogP contribution < -0.4 is 0 Å². The van der Waals surface area contributed by atoms with E-state index in [0.29, 0.717) is 41.8 Å². The van der Waals surface area contributed by atoms with Gasteiger partial charge in [0.25, 0.3) is 0 Å². The van der Waals surface area contributed by atoms with Crippen LogP contribution in [0.5, 0.6) is 0 Å². The van der Waals surface area contributed by atoms with Crippen molar-refractivity contribution in [2.24, 2.45) is 0 Å². The molecule has 0 spiro atoms. The van der Waals surface area contributed by atoms with Gasteiger partial charge in [-0.15, -0.1) is 34.3 Å². The zero-order chi connectivity index (χ0) is 56.7. The number of aromatic nitrogens is 6. The van der Waals surface area contributed by atoms with Gasteiger partial charge in [-0.3, -0.25) is 9.69 Å². The largest absolute Gasteiger partial charge is 0.346 e. The van der Waals surface area contributed by atoms with Gasteiger partial charge in [0.1, 0.15) is 9.66 Å². The standard InChI is InChI=1S/C38H46N6O2S.C28H28ClN3OS/c1-25-8-10-28(11-9-25)35-40-37(46-41-35)38(4,5)32-23-31-30(34(39-36(31)47-32)29-21-26(2)20-27(3)22-29)12-15-42-16-18-43(19-17-42)24-33(45)44-13-6-7-14-44;1-16-6-8-19(9-7-16)25-31-27(33-32-25)28(4,5)23-15-22-21(10-11-29)24(30-26(22)34-23)20-13-17(2)12-18(3)14-20/h8-11,20-23,39H,6-7,12-19,24H2,1-5H3;6-9,12-15,30H,10-11H2,1-5H3. The van der Waals surface area contributed by atoms with Crippen molar-refractivity contribution in [2.45, 2.75) is 106 Å². The number of hydrogen-bond donors (Lipinski definition) is 2. The van der Waals surface area contributed by atoms with Crippen LogP contribution in [0.4, 0.5) is 0 Å². The van der Waals surface area contributed by atoms with E-state index in [1.807, 2.05) is 29.2 Å². The normalized spacial score (nSPS) is 14.6. The molecule has 12 nitrogen and oxygen atoms in total. The van der Waals surface area contributed by atoms with Crippen molar-refractivity contribution in [3.63, 3.8) is 0 Å². The predicted octanol–water partition coefficient (Wildman–Crippen LogP) is 15.0. The zero-order valence-corrected chi connectivity index (χ0v) is 50.9. The van der Waals surface area contributed by atoms with Crippen molar-refractivity contribution in [3.05, 3.63) is 163 Å². The van der Waals surface area contributed by atoms with Gasteiger partial charge < -0.3 is 28.8 Å². The highest BCUT2D eigenvalue weighted by atomic mass is 35.5. The summed E-state index contributed by atoms with van der Waals surface area (Å²) in [7, 11) is 0. The minimum atomic E-state index is -0.444. The molecule has 6 aromatic heterocycles. The van der Waals surface area contributed by atoms with Crippen molar-refractivity contribution < 1.29 is 13.8 Å². The number of fused-ring (bicyclic) bond motifs is 2. The number of amides is 1. The first kappa shape index (κ1) is 56.2. The third-order valence-corrected chi connectivity index (χ3v) is 19.2. The first-order valence-corrected chi connectivity index (χ1v) is 30.6. The number of nitrogens with zero attached hydrogens (tertiary/aromatic N) is 7. The number of rotatable bonds is 15. The lowest BCUT2D eigenvalue weighted by atomic mass is 9.90. The second kappa shape index (κ2) is 23.3. The van der Waals surface area contributed by atoms with E-state index < -0.39 is 10.8 Å². The Bertz CT molecular complexity index is 3800. The van der Waals surface area contributed by atoms with Crippen molar-refractivity contribution in [1.29, 1.82) is 0 Å². The van der Waals surface area contributed by atoms with Gasteiger partial charge in [0.2, 0.25) is 29.3 Å². The Kier molecular flexibility index (Phi) is 16.2. The number of aryl methyl sites for hydroxylation is 7. The highest BCUT2D eigenvalue weighted by molar-refractivity contribution is 7.19. The molecule has 12 rings (SSSR count). The zero-order valence-electron chi connectivity index (χ0n) is 48.5. The van der Waals surface area contributed by atoms with Crippen LogP contribution in [0.1, 0.15) is 107 Å². The third kappa shape index (κ3) is 12.0. The molecule has 2 aliphatic heterocycles. The van der Waals surface area contributed by atoms with E-state index >= 15 is 0 Å². The Morgan fingerprint density at radius 2 is 0.963 bits per heavy atom. The molecule has 2 saturated heterocycles. The second-order valence-electron chi connectivity index (χ2n) is 23.6. The van der Waals surface area contributed by atoms with Gasteiger partial charge in [-0.2, -0.15) is 9.97 Å². The van der Waals surface area contributed by atoms with E-state index in [0.717, 1.165) is 93.1 Å². The predicted molar refractivity (Wildman–Crippen MR) is 332 cm³/mol. The molecule has 81 heavy (non-hydrogen) atoms. The monoisotopic (exact) mass is 1140 g/mol. The van der Waals surface area contributed by atoms with Crippen molar-refractivity contribution in [3.8, 4) is 45.3 Å². The summed E-state index contributed by atoms with van der Waals surface area (Å²) < 4.78 is 11.6. The summed E-state index contributed by atoms with van der Waals surface area (Å²) in [4.78, 5) is 41.5. The molecule has 420 valence electrons. The van der Waals surface area contributed by atoms with Gasteiger partial charge >= 0.3 is 0 Å². The van der Waals surface area contributed by atoms with Crippen LogP contribution in [-0.4, -0.2) is 109 Å². The number of halogens is 1. The highest BCUT2D eigenvalue weighted by Gasteiger charge is 2.35. The molecule has 2 aliphatic rings. The lowest BCUT2D eigenvalue weighted by Crippen LogP contribution is -2.50. The quantitative estimate of drug-likeness (QED) is 0.0962. The fraction of sp³-hybridized carbons (Fsp3) is 0.379. The van der Waals surface area contributed by atoms with E-state index in [1.54, 1.807) is 22.7 Å². The number of hydrogen-bond acceptors (Lipinski definition) is 11. The summed E-state index contributed by atoms with van der Waals surface area (Å²) in [5, 5.41) is 11.1. The molecule has 2 N–H and O–H groups in total. The molecule has 0 unspecified atom stereocenters. The molecular weight excluding hydrogens is 1070 g/mol. The summed E-state index contributed by atoms with van der Waals surface area (Å²) in [6, 6.07) is 34.5. The Morgan fingerprint density at radius 1 is 0.543 bits per heavy atom. The number of piperazine rings is 1. The van der Waals surface area contributed by atoms with Crippen LogP contribution in [0.3, 0.4) is 0 Å². The van der Waals surface area contributed by atoms with E-state index in [4.69, 9.17) is 30.6 Å². The molecule has 4 aromatic carbocycles. The molecular formula is C66H74ClN9O3S2. The summed E-state index contributed by atoms with van der Waals surface area (Å²) >= 11 is 9.76. The topological polar surface area (TPSA) is 136 Å². The summed E-state index contributed by atoms with van der Waals surface area (Å²) in [6.45, 7) is 28.6. The first-order chi connectivity index (χ1) is 38.9. The highest BCUT2D eigenvalue weighted by Crippen LogP contribution is 2.45. The van der Waals surface area contributed by atoms with Crippen molar-refractivity contribution in [2.75, 3.05) is 58.2 Å². The maximum absolute atomic E-state index is 12.7. The third-order valence-electron chi connectivity index (χ3n) is 16.3. The fourth-order valence-corrected chi connectivity index (χ4v) is 14.1. The molecule has 15 heteroatoms. The van der Waals surface area contributed by atoms with Crippen LogP contribution in [0, 0.1) is 41.5 Å². The molecule has 0 bridgehead atoms. The minimum absolute atomic E-state index is 0.298. The van der Waals surface area contributed by atoms with Crippen LogP contribution in [0.15, 0.2) is 106 Å². The lowest BCUT2D eigenvalue weighted by Gasteiger charge is -2.35. The van der Waals surface area contributed by atoms with E-state index in [2.05, 4.69) is 172 Å². The smallest absolute Gasteiger partial charge is 0.237 e. The molecule has 1 amide bonds. The Balaban J connectivity index is 0.000000180. The number of thiophene rings is 2. The Labute approximate surface area is 488 Å². The van der Waals surface area contributed by atoms with Gasteiger partial charge in [0, 0.05) is 83.3 Å². The van der Waals surface area contributed by atoms with Gasteiger partial charge in [-0.1, -0.05) is 104 Å². The summed E-state index contributed by atoms with van der Waals surface area (Å²) in [5.74, 6) is 3.34.